The zero-order valence-electron chi connectivity index (χ0n) is 14.5. The van der Waals surface area contributed by atoms with E-state index >= 15 is 0 Å². The number of hydrogen-bond acceptors (Lipinski definition) is 2. The lowest BCUT2D eigenvalue weighted by atomic mass is 9.64. The molecule has 0 bridgehead atoms. The Bertz CT molecular complexity index is 252. The Morgan fingerprint density at radius 2 is 1.95 bits per heavy atom. The third-order valence-corrected chi connectivity index (χ3v) is 5.09. The summed E-state index contributed by atoms with van der Waals surface area (Å²) in [6, 6.07) is 0.723. The molecule has 1 aliphatic rings. The second-order valence-corrected chi connectivity index (χ2v) is 7.37. The first kappa shape index (κ1) is 18.0. The van der Waals surface area contributed by atoms with Crippen LogP contribution in [0.5, 0.6) is 0 Å². The van der Waals surface area contributed by atoms with E-state index in [1.165, 1.54) is 45.1 Å². The van der Waals surface area contributed by atoms with Gasteiger partial charge in [-0.25, -0.2) is 0 Å². The van der Waals surface area contributed by atoms with Crippen LogP contribution in [-0.4, -0.2) is 25.8 Å². The van der Waals surface area contributed by atoms with Crippen molar-refractivity contribution in [3.63, 3.8) is 0 Å². The third kappa shape index (κ3) is 5.73. The Morgan fingerprint density at radius 3 is 2.60 bits per heavy atom. The molecule has 0 aliphatic heterocycles. The van der Waals surface area contributed by atoms with E-state index in [4.69, 9.17) is 4.74 Å². The lowest BCUT2D eigenvalue weighted by molar-refractivity contribution is 0.0703. The molecule has 0 radical (unpaired) electrons. The Balaban J connectivity index is 2.53. The molecule has 0 aromatic heterocycles. The summed E-state index contributed by atoms with van der Waals surface area (Å²) in [6.45, 7) is 14.7. The van der Waals surface area contributed by atoms with Crippen LogP contribution in [0.1, 0.15) is 73.1 Å². The fraction of sp³-hybridized carbons (Fsp3) is 1.00. The van der Waals surface area contributed by atoms with Gasteiger partial charge in [0.25, 0.3) is 0 Å². The minimum absolute atomic E-state index is 0.433. The minimum atomic E-state index is 0.433. The summed E-state index contributed by atoms with van der Waals surface area (Å²) in [4.78, 5) is 0. The van der Waals surface area contributed by atoms with E-state index in [0.717, 1.165) is 31.1 Å². The van der Waals surface area contributed by atoms with E-state index in [1.807, 2.05) is 0 Å². The number of ether oxygens (including phenoxy) is 1. The predicted octanol–water partition coefficient (Wildman–Crippen LogP) is 4.63. The van der Waals surface area contributed by atoms with Crippen LogP contribution in [-0.2, 0) is 4.74 Å². The molecule has 2 nitrogen and oxygen atoms in total. The Morgan fingerprint density at radius 1 is 1.20 bits per heavy atom. The molecule has 0 saturated heterocycles. The van der Waals surface area contributed by atoms with Crippen molar-refractivity contribution in [3.05, 3.63) is 0 Å². The molecule has 1 rings (SSSR count). The van der Waals surface area contributed by atoms with Crippen molar-refractivity contribution in [2.75, 3.05) is 19.8 Å². The fourth-order valence-corrected chi connectivity index (χ4v) is 3.83. The molecule has 1 N–H and O–H groups in total. The molecule has 20 heavy (non-hydrogen) atoms. The Kier molecular flexibility index (Phi) is 8.13. The number of rotatable bonds is 9. The summed E-state index contributed by atoms with van der Waals surface area (Å²) < 4.78 is 5.51. The van der Waals surface area contributed by atoms with Gasteiger partial charge in [-0.05, 0) is 62.8 Å². The SMILES string of the molecule is CCCNC1CC(C)CCC1C(C)(C)CCCOCC. The van der Waals surface area contributed by atoms with Gasteiger partial charge in [0.1, 0.15) is 0 Å². The Hall–Kier alpha value is -0.0800. The zero-order chi connectivity index (χ0) is 15.0. The van der Waals surface area contributed by atoms with Gasteiger partial charge in [-0.15, -0.1) is 0 Å². The second-order valence-electron chi connectivity index (χ2n) is 7.37. The van der Waals surface area contributed by atoms with Gasteiger partial charge in [-0.2, -0.15) is 0 Å². The van der Waals surface area contributed by atoms with Gasteiger partial charge >= 0.3 is 0 Å². The molecule has 0 aromatic rings. The van der Waals surface area contributed by atoms with Crippen LogP contribution < -0.4 is 5.32 Å². The van der Waals surface area contributed by atoms with Gasteiger partial charge < -0.3 is 10.1 Å². The normalized spacial score (nSPS) is 27.8. The van der Waals surface area contributed by atoms with Crippen LogP contribution in [0.2, 0.25) is 0 Å². The molecule has 120 valence electrons. The van der Waals surface area contributed by atoms with E-state index in [0.29, 0.717) is 5.41 Å². The lowest BCUT2D eigenvalue weighted by Gasteiger charge is -2.45. The van der Waals surface area contributed by atoms with Crippen molar-refractivity contribution in [1.82, 2.24) is 5.32 Å². The van der Waals surface area contributed by atoms with Crippen LogP contribution in [0.3, 0.4) is 0 Å². The van der Waals surface area contributed by atoms with Crippen LogP contribution in [0, 0.1) is 17.3 Å². The van der Waals surface area contributed by atoms with Gasteiger partial charge in [0, 0.05) is 19.3 Å². The summed E-state index contributed by atoms with van der Waals surface area (Å²) in [5.41, 5.74) is 0.433. The highest BCUT2D eigenvalue weighted by molar-refractivity contribution is 4.91. The summed E-state index contributed by atoms with van der Waals surface area (Å²) in [5.74, 6) is 1.71. The second kappa shape index (κ2) is 9.04. The first-order chi connectivity index (χ1) is 9.51. The van der Waals surface area contributed by atoms with Gasteiger partial charge in [-0.1, -0.05) is 34.1 Å². The molecule has 1 saturated carbocycles. The number of hydrogen-bond donors (Lipinski definition) is 1. The van der Waals surface area contributed by atoms with E-state index in [1.54, 1.807) is 0 Å². The highest BCUT2D eigenvalue weighted by atomic mass is 16.5. The van der Waals surface area contributed by atoms with E-state index in [-0.39, 0.29) is 0 Å². The maximum absolute atomic E-state index is 5.51. The van der Waals surface area contributed by atoms with Crippen molar-refractivity contribution >= 4 is 0 Å². The first-order valence-electron chi connectivity index (χ1n) is 8.82. The molecule has 0 aromatic carbocycles. The fourth-order valence-electron chi connectivity index (χ4n) is 3.83. The van der Waals surface area contributed by atoms with Crippen molar-refractivity contribution in [2.24, 2.45) is 17.3 Å². The molecule has 1 aliphatic carbocycles. The highest BCUT2D eigenvalue weighted by Crippen LogP contribution is 2.43. The van der Waals surface area contributed by atoms with E-state index < -0.39 is 0 Å². The van der Waals surface area contributed by atoms with Crippen LogP contribution in [0.4, 0.5) is 0 Å². The van der Waals surface area contributed by atoms with Gasteiger partial charge in [-0.3, -0.25) is 0 Å². The van der Waals surface area contributed by atoms with E-state index in [9.17, 15) is 0 Å². The lowest BCUT2D eigenvalue weighted by Crippen LogP contribution is -2.47. The molecule has 0 heterocycles. The first-order valence-corrected chi connectivity index (χ1v) is 8.82. The van der Waals surface area contributed by atoms with Crippen LogP contribution in [0.25, 0.3) is 0 Å². The molecular formula is C18H37NO. The van der Waals surface area contributed by atoms with Crippen molar-refractivity contribution in [1.29, 1.82) is 0 Å². The molecule has 0 spiro atoms. The molecule has 0 amide bonds. The monoisotopic (exact) mass is 283 g/mol. The van der Waals surface area contributed by atoms with Crippen molar-refractivity contribution < 1.29 is 4.74 Å². The van der Waals surface area contributed by atoms with Crippen molar-refractivity contribution in [2.45, 2.75) is 79.2 Å². The smallest absolute Gasteiger partial charge is 0.0466 e. The summed E-state index contributed by atoms with van der Waals surface area (Å²) in [5, 5.41) is 3.83. The van der Waals surface area contributed by atoms with Crippen LogP contribution >= 0.6 is 0 Å². The number of nitrogens with one attached hydrogen (secondary N) is 1. The van der Waals surface area contributed by atoms with Crippen LogP contribution in [0.15, 0.2) is 0 Å². The predicted molar refractivity (Wildman–Crippen MR) is 88.1 cm³/mol. The van der Waals surface area contributed by atoms with Gasteiger partial charge in [0.15, 0.2) is 0 Å². The molecule has 2 heteroatoms. The van der Waals surface area contributed by atoms with Crippen molar-refractivity contribution in [3.8, 4) is 0 Å². The quantitative estimate of drug-likeness (QED) is 0.623. The van der Waals surface area contributed by atoms with Gasteiger partial charge in [0.05, 0.1) is 0 Å². The molecule has 1 fully saturated rings. The largest absolute Gasteiger partial charge is 0.382 e. The maximum atomic E-state index is 5.51. The topological polar surface area (TPSA) is 21.3 Å². The summed E-state index contributed by atoms with van der Waals surface area (Å²) in [6.07, 6.45) is 7.89. The minimum Gasteiger partial charge on any atom is -0.382 e. The molecular weight excluding hydrogens is 246 g/mol. The maximum Gasteiger partial charge on any atom is 0.0466 e. The third-order valence-electron chi connectivity index (χ3n) is 5.09. The zero-order valence-corrected chi connectivity index (χ0v) is 14.5. The van der Waals surface area contributed by atoms with Gasteiger partial charge in [0.2, 0.25) is 0 Å². The van der Waals surface area contributed by atoms with E-state index in [2.05, 4.69) is 39.9 Å². The standard InChI is InChI=1S/C18H37NO/c1-6-12-19-17-14-15(3)9-10-16(17)18(4,5)11-8-13-20-7-2/h15-17,19H,6-14H2,1-5H3. The highest BCUT2D eigenvalue weighted by Gasteiger charge is 2.38. The summed E-state index contributed by atoms with van der Waals surface area (Å²) in [7, 11) is 0. The molecule has 3 unspecified atom stereocenters. The molecule has 3 atom stereocenters. The Labute approximate surface area is 127 Å². The summed E-state index contributed by atoms with van der Waals surface area (Å²) >= 11 is 0. The average molecular weight is 284 g/mol. The average Bonchev–Trinajstić information content (AvgIpc) is 2.41.